The number of carbonyl (C=O) groups is 1. The average Bonchev–Trinajstić information content (AvgIpc) is 3.25. The topological polar surface area (TPSA) is 108 Å². The number of rotatable bonds is 2. The fourth-order valence-electron chi connectivity index (χ4n) is 3.67. The smallest absolute Gasteiger partial charge is 0.419 e. The Morgan fingerprint density at radius 1 is 1.31 bits per heavy atom. The quantitative estimate of drug-likeness (QED) is 0.682. The molecule has 0 unspecified atom stereocenters. The number of H-pyrrole nitrogens is 1. The molecule has 1 saturated carbocycles. The summed E-state index contributed by atoms with van der Waals surface area (Å²) in [6, 6.07) is 0.0395. The van der Waals surface area contributed by atoms with E-state index in [1.165, 1.54) is 11.7 Å². The molecule has 0 amide bonds. The molecule has 0 atom stereocenters. The molecule has 1 aliphatic rings. The highest BCUT2D eigenvalue weighted by Gasteiger charge is 2.29. The molecule has 10 heteroatoms. The van der Waals surface area contributed by atoms with Crippen LogP contribution in [0.5, 0.6) is 0 Å². The second-order valence-corrected chi connectivity index (χ2v) is 7.11. The van der Waals surface area contributed by atoms with Crippen LogP contribution in [0.2, 0.25) is 0 Å². The van der Waals surface area contributed by atoms with Crippen LogP contribution in [0.3, 0.4) is 0 Å². The van der Waals surface area contributed by atoms with Gasteiger partial charge in [-0.15, -0.1) is 0 Å². The first-order valence-electron chi connectivity index (χ1n) is 8.32. The van der Waals surface area contributed by atoms with Crippen molar-refractivity contribution in [1.82, 2.24) is 29.1 Å². The molecule has 0 bridgehead atoms. The lowest BCUT2D eigenvalue weighted by atomic mass is 9.85. The number of hydrogen-bond donors (Lipinski definition) is 1. The largest absolute Gasteiger partial charge is 0.452 e. The molecule has 1 aliphatic carbocycles. The van der Waals surface area contributed by atoms with E-state index in [1.54, 1.807) is 23.2 Å². The second-order valence-electron chi connectivity index (χ2n) is 6.30. The minimum Gasteiger partial charge on any atom is -0.452 e. The Balaban J connectivity index is 1.57. The number of nitrogens with one attached hydrogen (secondary N) is 1. The number of ether oxygens (including phenoxy) is 1. The number of carbonyl (C=O) groups excluding carboxylic acids is 1. The molecule has 1 N–H and O–H groups in total. The summed E-state index contributed by atoms with van der Waals surface area (Å²) in [4.78, 5) is 39.9. The van der Waals surface area contributed by atoms with Crippen LogP contribution >= 0.6 is 15.9 Å². The van der Waals surface area contributed by atoms with Crippen molar-refractivity contribution in [3.8, 4) is 0 Å². The number of fused-ring (bicyclic) bond motifs is 1. The Labute approximate surface area is 156 Å². The summed E-state index contributed by atoms with van der Waals surface area (Å²) >= 11 is 3.31. The maximum absolute atomic E-state index is 12.4. The van der Waals surface area contributed by atoms with Crippen LogP contribution < -0.4 is 5.69 Å². The van der Waals surface area contributed by atoms with Gasteiger partial charge in [0.1, 0.15) is 10.4 Å². The minimum absolute atomic E-state index is 0.0395. The summed E-state index contributed by atoms with van der Waals surface area (Å²) in [6.45, 7) is 0. The Bertz CT molecular complexity index is 1010. The summed E-state index contributed by atoms with van der Waals surface area (Å²) in [5.74, 6) is 0.864. The van der Waals surface area contributed by atoms with Crippen LogP contribution in [0.4, 0.5) is 4.79 Å². The van der Waals surface area contributed by atoms with Crippen molar-refractivity contribution in [2.24, 2.45) is 0 Å². The van der Waals surface area contributed by atoms with E-state index < -0.39 is 6.09 Å². The van der Waals surface area contributed by atoms with E-state index in [-0.39, 0.29) is 17.6 Å². The van der Waals surface area contributed by atoms with Gasteiger partial charge in [0.05, 0.1) is 13.3 Å². The molecule has 0 aliphatic heterocycles. The van der Waals surface area contributed by atoms with Crippen molar-refractivity contribution in [2.75, 3.05) is 7.11 Å². The van der Waals surface area contributed by atoms with E-state index in [4.69, 9.17) is 4.74 Å². The molecule has 0 saturated heterocycles. The first kappa shape index (κ1) is 17.0. The predicted octanol–water partition coefficient (Wildman–Crippen LogP) is 2.59. The van der Waals surface area contributed by atoms with E-state index >= 15 is 0 Å². The third-order valence-corrected chi connectivity index (χ3v) is 5.25. The number of nitrogens with zero attached hydrogens (tertiary/aromatic N) is 5. The van der Waals surface area contributed by atoms with Crippen molar-refractivity contribution in [1.29, 1.82) is 0 Å². The van der Waals surface area contributed by atoms with E-state index in [2.05, 4.69) is 35.9 Å². The van der Waals surface area contributed by atoms with Crippen LogP contribution in [0.1, 0.15) is 43.5 Å². The van der Waals surface area contributed by atoms with Gasteiger partial charge in [0.2, 0.25) is 0 Å². The lowest BCUT2D eigenvalue weighted by molar-refractivity contribution is 0.170. The third kappa shape index (κ3) is 2.83. The average molecular weight is 421 g/mol. The molecule has 9 nitrogen and oxygen atoms in total. The number of methoxy groups -OCH3 is 1. The van der Waals surface area contributed by atoms with Gasteiger partial charge < -0.3 is 4.74 Å². The van der Waals surface area contributed by atoms with Crippen molar-refractivity contribution in [3.05, 3.63) is 39.5 Å². The second kappa shape index (κ2) is 6.67. The molecule has 3 heterocycles. The fourth-order valence-corrected chi connectivity index (χ4v) is 3.94. The van der Waals surface area contributed by atoms with E-state index in [9.17, 15) is 9.59 Å². The van der Waals surface area contributed by atoms with Gasteiger partial charge in [-0.1, -0.05) is 0 Å². The first-order valence-corrected chi connectivity index (χ1v) is 9.12. The highest BCUT2D eigenvalue weighted by atomic mass is 79.9. The zero-order valence-corrected chi connectivity index (χ0v) is 15.6. The summed E-state index contributed by atoms with van der Waals surface area (Å²) < 4.78 is 8.53. The Kier molecular flexibility index (Phi) is 4.35. The van der Waals surface area contributed by atoms with Gasteiger partial charge >= 0.3 is 11.8 Å². The first-order chi connectivity index (χ1) is 12.6. The normalized spacial score (nSPS) is 20.4. The van der Waals surface area contributed by atoms with Gasteiger partial charge in [-0.05, 0) is 41.6 Å². The van der Waals surface area contributed by atoms with Crippen molar-refractivity contribution >= 4 is 33.3 Å². The van der Waals surface area contributed by atoms with Gasteiger partial charge in [-0.2, -0.15) is 0 Å². The van der Waals surface area contributed by atoms with Crippen molar-refractivity contribution < 1.29 is 9.53 Å². The highest BCUT2D eigenvalue weighted by Crippen LogP contribution is 2.37. The van der Waals surface area contributed by atoms with Crippen LogP contribution in [0, 0.1) is 0 Å². The summed E-state index contributed by atoms with van der Waals surface area (Å²) in [5, 5.41) is 0. The standard InChI is InChI=1S/C16H17BrN6O3/c1-26-16(25)22-7-6-18-13(22)9-2-4-10(5-3-9)23-14-12(21-15(23)24)19-8-11(17)20-14/h6-10H,2-5H2,1H3,(H,19,21,24). The molecule has 0 aromatic carbocycles. The summed E-state index contributed by atoms with van der Waals surface area (Å²) in [5.41, 5.74) is 0.850. The predicted molar refractivity (Wildman–Crippen MR) is 96.1 cm³/mol. The monoisotopic (exact) mass is 420 g/mol. The van der Waals surface area contributed by atoms with Crippen LogP contribution in [0.15, 0.2) is 28.0 Å². The molecule has 3 aromatic rings. The molecule has 1 fully saturated rings. The number of aromatic nitrogens is 6. The van der Waals surface area contributed by atoms with E-state index in [1.807, 2.05) is 0 Å². The zero-order valence-electron chi connectivity index (χ0n) is 14.1. The van der Waals surface area contributed by atoms with Gasteiger partial charge in [0, 0.05) is 24.4 Å². The van der Waals surface area contributed by atoms with Crippen molar-refractivity contribution in [3.63, 3.8) is 0 Å². The number of imidazole rings is 2. The Morgan fingerprint density at radius 2 is 2.08 bits per heavy atom. The van der Waals surface area contributed by atoms with Crippen LogP contribution in [-0.4, -0.2) is 42.3 Å². The lowest BCUT2D eigenvalue weighted by Gasteiger charge is -2.28. The number of hydrogen-bond acceptors (Lipinski definition) is 6. The zero-order chi connectivity index (χ0) is 18.3. The van der Waals surface area contributed by atoms with Gasteiger partial charge in [0.25, 0.3) is 0 Å². The fraction of sp³-hybridized carbons (Fsp3) is 0.438. The summed E-state index contributed by atoms with van der Waals surface area (Å²) in [7, 11) is 1.35. The SMILES string of the molecule is COC(=O)n1ccnc1C1CCC(n2c(=O)[nH]c3ncc(Br)nc32)CC1. The molecule has 0 spiro atoms. The molecular weight excluding hydrogens is 404 g/mol. The molecule has 3 aromatic heterocycles. The van der Waals surface area contributed by atoms with Crippen molar-refractivity contribution in [2.45, 2.75) is 37.6 Å². The molecule has 0 radical (unpaired) electrons. The molecular formula is C16H17BrN6O3. The Morgan fingerprint density at radius 3 is 2.81 bits per heavy atom. The molecule has 136 valence electrons. The van der Waals surface area contributed by atoms with Crippen LogP contribution in [-0.2, 0) is 4.74 Å². The van der Waals surface area contributed by atoms with E-state index in [0.717, 1.165) is 25.7 Å². The number of aromatic amines is 1. The van der Waals surface area contributed by atoms with Gasteiger partial charge in [-0.3, -0.25) is 9.55 Å². The maximum Gasteiger partial charge on any atom is 0.419 e. The summed E-state index contributed by atoms with van der Waals surface area (Å²) in [6.07, 6.45) is 7.57. The third-order valence-electron chi connectivity index (χ3n) is 4.86. The maximum atomic E-state index is 12.4. The number of halogens is 1. The van der Waals surface area contributed by atoms with Gasteiger partial charge in [-0.25, -0.2) is 29.1 Å². The van der Waals surface area contributed by atoms with E-state index in [0.29, 0.717) is 21.7 Å². The minimum atomic E-state index is -0.437. The highest BCUT2D eigenvalue weighted by molar-refractivity contribution is 9.10. The molecule has 4 rings (SSSR count). The lowest BCUT2D eigenvalue weighted by Crippen LogP contribution is -2.27. The Hall–Kier alpha value is -2.49. The molecule has 26 heavy (non-hydrogen) atoms. The van der Waals surface area contributed by atoms with Crippen LogP contribution in [0.25, 0.3) is 11.3 Å². The van der Waals surface area contributed by atoms with Gasteiger partial charge in [0.15, 0.2) is 11.3 Å².